The number of hydrogen-bond donors (Lipinski definition) is 0. The molecule has 1 aliphatic rings. The van der Waals surface area contributed by atoms with E-state index in [1.165, 1.54) is 35.6 Å². The van der Waals surface area contributed by atoms with Crippen LogP contribution in [0.3, 0.4) is 0 Å². The van der Waals surface area contributed by atoms with Crippen LogP contribution in [0.5, 0.6) is 0 Å². The van der Waals surface area contributed by atoms with Crippen molar-refractivity contribution < 1.29 is 8.78 Å². The molecule has 35 heavy (non-hydrogen) atoms. The van der Waals surface area contributed by atoms with Gasteiger partial charge in [0, 0.05) is 25.2 Å². The summed E-state index contributed by atoms with van der Waals surface area (Å²) in [5.41, 5.74) is 4.14. The van der Waals surface area contributed by atoms with Crippen LogP contribution in [0.1, 0.15) is 30.5 Å². The summed E-state index contributed by atoms with van der Waals surface area (Å²) in [6, 6.07) is 14.5. The van der Waals surface area contributed by atoms with E-state index in [1.807, 2.05) is 0 Å². The summed E-state index contributed by atoms with van der Waals surface area (Å²) in [5, 5.41) is 9.84. The largest absolute Gasteiger partial charge is 0.349 e. The number of thiazole rings is 1. The van der Waals surface area contributed by atoms with Gasteiger partial charge < -0.3 is 4.90 Å². The van der Waals surface area contributed by atoms with E-state index in [0.29, 0.717) is 29.3 Å². The van der Waals surface area contributed by atoms with Crippen LogP contribution in [-0.2, 0) is 0 Å². The first-order valence-electron chi connectivity index (χ1n) is 11.1. The maximum Gasteiger partial charge on any atom is 0.225 e. The van der Waals surface area contributed by atoms with Crippen LogP contribution in [-0.4, -0.2) is 45.0 Å². The molecule has 4 aromatic rings. The highest BCUT2D eigenvalue weighted by Gasteiger charge is 2.38. The Morgan fingerprint density at radius 2 is 1.69 bits per heavy atom. The standard InChI is InChI=1S/C25H21ClF2N6S/c1-15-12-34(22(16-2-6-18(27)7-3-16)17-4-8-19(28)9-5-17)20(10-11-29)13-33(15)23-21-24(35-14-30-21)32-25(26)31-23/h2-9,14-15,20,22H,10,12-13H2,1H3/t15-,20+/m0/s1. The average Bonchev–Trinajstić information content (AvgIpc) is 3.31. The summed E-state index contributed by atoms with van der Waals surface area (Å²) in [7, 11) is 0. The Morgan fingerprint density at radius 1 is 1.06 bits per heavy atom. The van der Waals surface area contributed by atoms with Crippen molar-refractivity contribution in [3.05, 3.63) is 82.1 Å². The third kappa shape index (κ3) is 4.69. The quantitative estimate of drug-likeness (QED) is 0.325. The van der Waals surface area contributed by atoms with Crippen molar-refractivity contribution in [2.45, 2.75) is 31.5 Å². The molecule has 0 unspecified atom stereocenters. The number of anilines is 1. The number of nitriles is 1. The van der Waals surface area contributed by atoms with Crippen LogP contribution in [0.4, 0.5) is 14.6 Å². The van der Waals surface area contributed by atoms with Gasteiger partial charge in [-0.1, -0.05) is 24.3 Å². The van der Waals surface area contributed by atoms with Gasteiger partial charge in [0.25, 0.3) is 0 Å². The molecule has 0 amide bonds. The third-order valence-corrected chi connectivity index (χ3v) is 7.23. The molecule has 5 rings (SSSR count). The molecule has 6 nitrogen and oxygen atoms in total. The van der Waals surface area contributed by atoms with Crippen LogP contribution in [0, 0.1) is 23.0 Å². The Hall–Kier alpha value is -3.19. The molecule has 3 heterocycles. The molecule has 0 saturated carbocycles. The molecule has 178 valence electrons. The monoisotopic (exact) mass is 510 g/mol. The Kier molecular flexibility index (Phi) is 6.60. The summed E-state index contributed by atoms with van der Waals surface area (Å²) in [6.07, 6.45) is 0.265. The van der Waals surface area contributed by atoms with E-state index in [9.17, 15) is 14.0 Å². The summed E-state index contributed by atoms with van der Waals surface area (Å²) in [6.45, 7) is 3.17. The van der Waals surface area contributed by atoms with Crippen LogP contribution < -0.4 is 4.90 Å². The molecule has 0 spiro atoms. The SMILES string of the molecule is C[C@H]1CN(C(c2ccc(F)cc2)c2ccc(F)cc2)[C@H](CC#N)CN1c1nc(Cl)nc2scnc12. The predicted molar refractivity (Wildman–Crippen MR) is 132 cm³/mol. The average molecular weight is 511 g/mol. The van der Waals surface area contributed by atoms with Gasteiger partial charge in [0.2, 0.25) is 5.28 Å². The van der Waals surface area contributed by atoms with Crippen molar-refractivity contribution in [3.8, 4) is 6.07 Å². The number of nitrogens with zero attached hydrogens (tertiary/aromatic N) is 6. The third-order valence-electron chi connectivity index (χ3n) is 6.34. The summed E-state index contributed by atoms with van der Waals surface area (Å²) in [5.74, 6) is -0.00553. The van der Waals surface area contributed by atoms with Crippen molar-refractivity contribution in [1.29, 1.82) is 5.26 Å². The van der Waals surface area contributed by atoms with Crippen molar-refractivity contribution in [2.75, 3.05) is 18.0 Å². The van der Waals surface area contributed by atoms with Gasteiger partial charge in [0.15, 0.2) is 10.6 Å². The highest BCUT2D eigenvalue weighted by atomic mass is 35.5. The number of rotatable bonds is 5. The Morgan fingerprint density at radius 3 is 2.29 bits per heavy atom. The van der Waals surface area contributed by atoms with Gasteiger partial charge in [0.05, 0.1) is 24.0 Å². The first kappa shape index (κ1) is 23.5. The van der Waals surface area contributed by atoms with Gasteiger partial charge in [-0.15, -0.1) is 11.3 Å². The maximum absolute atomic E-state index is 13.7. The molecule has 1 aliphatic heterocycles. The van der Waals surface area contributed by atoms with Gasteiger partial charge in [-0.3, -0.25) is 4.90 Å². The topological polar surface area (TPSA) is 68.9 Å². The smallest absolute Gasteiger partial charge is 0.225 e. The normalized spacial score (nSPS) is 18.8. The maximum atomic E-state index is 13.7. The van der Waals surface area contributed by atoms with Crippen LogP contribution in [0.2, 0.25) is 5.28 Å². The van der Waals surface area contributed by atoms with Crippen molar-refractivity contribution in [2.24, 2.45) is 0 Å². The second kappa shape index (κ2) is 9.82. The Labute approximate surface area is 210 Å². The molecular weight excluding hydrogens is 490 g/mol. The van der Waals surface area contributed by atoms with Crippen molar-refractivity contribution >= 4 is 39.1 Å². The number of halogens is 3. The first-order chi connectivity index (χ1) is 16.9. The fraction of sp³-hybridized carbons (Fsp3) is 0.280. The van der Waals surface area contributed by atoms with E-state index in [-0.39, 0.29) is 41.5 Å². The molecule has 2 aromatic heterocycles. The van der Waals surface area contributed by atoms with Crippen LogP contribution in [0.25, 0.3) is 10.3 Å². The van der Waals surface area contributed by atoms with Gasteiger partial charge in [-0.2, -0.15) is 10.2 Å². The minimum absolute atomic E-state index is 0.00999. The number of aromatic nitrogens is 3. The molecule has 0 radical (unpaired) electrons. The fourth-order valence-electron chi connectivity index (χ4n) is 4.75. The zero-order valence-electron chi connectivity index (χ0n) is 18.8. The van der Waals surface area contributed by atoms with Crippen molar-refractivity contribution in [1.82, 2.24) is 19.9 Å². The number of benzene rings is 2. The summed E-state index contributed by atoms with van der Waals surface area (Å²) >= 11 is 7.61. The molecule has 2 atom stereocenters. The lowest BCUT2D eigenvalue weighted by Gasteiger charge is -2.48. The van der Waals surface area contributed by atoms with Crippen LogP contribution >= 0.6 is 22.9 Å². The van der Waals surface area contributed by atoms with E-state index in [4.69, 9.17) is 11.6 Å². The van der Waals surface area contributed by atoms with Crippen molar-refractivity contribution in [3.63, 3.8) is 0 Å². The molecule has 1 saturated heterocycles. The summed E-state index contributed by atoms with van der Waals surface area (Å²) in [4.78, 5) is 18.3. The number of hydrogen-bond acceptors (Lipinski definition) is 7. The lowest BCUT2D eigenvalue weighted by Crippen LogP contribution is -2.58. The molecule has 0 aliphatic carbocycles. The number of piperazine rings is 1. The van der Waals surface area contributed by atoms with Gasteiger partial charge in [-0.05, 0) is 53.9 Å². The molecule has 10 heteroatoms. The first-order valence-corrected chi connectivity index (χ1v) is 12.4. The van der Waals surface area contributed by atoms with E-state index < -0.39 is 0 Å². The molecule has 1 fully saturated rings. The van der Waals surface area contributed by atoms with Gasteiger partial charge in [-0.25, -0.2) is 18.7 Å². The Balaban J connectivity index is 1.56. The minimum Gasteiger partial charge on any atom is -0.349 e. The molecular formula is C25H21ClF2N6S. The predicted octanol–water partition coefficient (Wildman–Crippen LogP) is 5.60. The number of fused-ring (bicyclic) bond motifs is 1. The summed E-state index contributed by atoms with van der Waals surface area (Å²) < 4.78 is 27.5. The van der Waals surface area contributed by atoms with E-state index in [0.717, 1.165) is 11.1 Å². The van der Waals surface area contributed by atoms with E-state index in [1.54, 1.807) is 29.8 Å². The lowest BCUT2D eigenvalue weighted by atomic mass is 9.92. The van der Waals surface area contributed by atoms with Crippen LogP contribution in [0.15, 0.2) is 54.0 Å². The van der Waals surface area contributed by atoms with Gasteiger partial charge >= 0.3 is 0 Å². The van der Waals surface area contributed by atoms with Gasteiger partial charge in [0.1, 0.15) is 17.2 Å². The molecule has 0 N–H and O–H groups in total. The zero-order valence-corrected chi connectivity index (χ0v) is 20.3. The lowest BCUT2D eigenvalue weighted by molar-refractivity contribution is 0.121. The highest BCUT2D eigenvalue weighted by Crippen LogP contribution is 2.37. The second-order valence-corrected chi connectivity index (χ2v) is 9.71. The molecule has 2 aromatic carbocycles. The second-order valence-electron chi connectivity index (χ2n) is 8.54. The highest BCUT2D eigenvalue weighted by molar-refractivity contribution is 7.16. The fourth-order valence-corrected chi connectivity index (χ4v) is 5.62. The molecule has 0 bridgehead atoms. The zero-order chi connectivity index (χ0) is 24.5. The Bertz CT molecular complexity index is 1330. The van der Waals surface area contributed by atoms with E-state index in [2.05, 4.69) is 37.7 Å². The minimum atomic E-state index is -0.328. The van der Waals surface area contributed by atoms with E-state index >= 15 is 0 Å².